The van der Waals surface area contributed by atoms with Gasteiger partial charge < -0.3 is 9.64 Å². The Kier molecular flexibility index (Phi) is 9.72. The average molecular weight is 630 g/mol. The number of carbonyl (C=O) groups is 1. The Bertz CT molecular complexity index is 1600. The fourth-order valence-corrected chi connectivity index (χ4v) is 6.70. The second-order valence-electron chi connectivity index (χ2n) is 10.7. The first-order chi connectivity index (χ1) is 20.6. The van der Waals surface area contributed by atoms with Gasteiger partial charge >= 0.3 is 0 Å². The van der Waals surface area contributed by atoms with Crippen molar-refractivity contribution in [2.45, 2.75) is 48.2 Å². The summed E-state index contributed by atoms with van der Waals surface area (Å²) in [5.74, 6) is 0.227. The summed E-state index contributed by atoms with van der Waals surface area (Å²) < 4.78 is 57.4. The van der Waals surface area contributed by atoms with Crippen LogP contribution in [0, 0.1) is 5.92 Å². The van der Waals surface area contributed by atoms with Gasteiger partial charge in [-0.05, 0) is 67.0 Å². The van der Waals surface area contributed by atoms with Crippen molar-refractivity contribution in [3.05, 3.63) is 66.5 Å². The van der Waals surface area contributed by atoms with Crippen molar-refractivity contribution in [2.75, 3.05) is 37.4 Å². The van der Waals surface area contributed by atoms with Crippen LogP contribution in [0.3, 0.4) is 0 Å². The van der Waals surface area contributed by atoms with E-state index < -0.39 is 32.1 Å². The molecule has 0 saturated carbocycles. The molecule has 14 heteroatoms. The number of hydrogen-bond acceptors (Lipinski definition) is 10. The van der Waals surface area contributed by atoms with E-state index in [1.54, 1.807) is 36.4 Å². The summed E-state index contributed by atoms with van der Waals surface area (Å²) in [5.41, 5.74) is 4.25. The highest BCUT2D eigenvalue weighted by molar-refractivity contribution is 7.90. The molecule has 0 radical (unpaired) electrons. The zero-order valence-electron chi connectivity index (χ0n) is 23.8. The molecule has 3 aromatic rings. The van der Waals surface area contributed by atoms with Gasteiger partial charge in [0.2, 0.25) is 16.0 Å². The van der Waals surface area contributed by atoms with E-state index >= 15 is 0 Å². The lowest BCUT2D eigenvalue weighted by atomic mass is 9.97. The van der Waals surface area contributed by atoms with Gasteiger partial charge in [-0.3, -0.25) is 4.79 Å². The van der Waals surface area contributed by atoms with E-state index in [2.05, 4.69) is 20.2 Å². The molecule has 1 atom stereocenters. The average Bonchev–Trinajstić information content (AvgIpc) is 3.03. The molecule has 1 amide bonds. The number of aromatic nitrogens is 2. The third kappa shape index (κ3) is 8.15. The minimum atomic E-state index is -3.70. The molecule has 0 bridgehead atoms. The van der Waals surface area contributed by atoms with E-state index in [1.165, 1.54) is 24.5 Å². The van der Waals surface area contributed by atoms with E-state index in [9.17, 15) is 21.6 Å². The highest BCUT2D eigenvalue weighted by Crippen LogP contribution is 2.24. The van der Waals surface area contributed by atoms with Crippen LogP contribution in [-0.4, -0.2) is 71.5 Å². The Balaban J connectivity index is 1.08. The lowest BCUT2D eigenvalue weighted by Gasteiger charge is -2.32. The zero-order valence-corrected chi connectivity index (χ0v) is 25.4. The minimum absolute atomic E-state index is 0.155. The number of sulfonamides is 1. The Hall–Kier alpha value is -3.43. The van der Waals surface area contributed by atoms with Crippen LogP contribution >= 0.6 is 0 Å². The molecule has 2 aliphatic rings. The molecule has 2 saturated heterocycles. The van der Waals surface area contributed by atoms with E-state index in [-0.39, 0.29) is 21.3 Å². The number of sulfone groups is 1. The maximum atomic E-state index is 12.9. The van der Waals surface area contributed by atoms with Crippen molar-refractivity contribution >= 4 is 31.7 Å². The van der Waals surface area contributed by atoms with Gasteiger partial charge in [0.1, 0.15) is 0 Å². The predicted molar refractivity (Wildman–Crippen MR) is 159 cm³/mol. The molecule has 2 N–H and O–H groups in total. The largest absolute Gasteiger partial charge is 0.350 e. The molecule has 2 aromatic carbocycles. The summed E-state index contributed by atoms with van der Waals surface area (Å²) in [7, 11) is -6.99. The van der Waals surface area contributed by atoms with Crippen molar-refractivity contribution in [1.29, 1.82) is 0 Å². The van der Waals surface area contributed by atoms with Crippen molar-refractivity contribution in [1.82, 2.24) is 20.2 Å². The third-order valence-electron chi connectivity index (χ3n) is 7.56. The van der Waals surface area contributed by atoms with Crippen LogP contribution in [0.4, 0.5) is 5.95 Å². The van der Waals surface area contributed by atoms with Gasteiger partial charge in [0, 0.05) is 51.3 Å². The fourth-order valence-electron chi connectivity index (χ4n) is 4.95. The lowest BCUT2D eigenvalue weighted by Crippen LogP contribution is -2.39. The molecule has 3 heterocycles. The second kappa shape index (κ2) is 13.5. The van der Waals surface area contributed by atoms with Crippen molar-refractivity contribution in [3.63, 3.8) is 0 Å². The summed E-state index contributed by atoms with van der Waals surface area (Å²) in [6.45, 7) is 2.25. The van der Waals surface area contributed by atoms with Gasteiger partial charge in [0.05, 0.1) is 15.4 Å². The van der Waals surface area contributed by atoms with E-state index in [0.717, 1.165) is 49.5 Å². The third-order valence-corrected chi connectivity index (χ3v) is 10.1. The number of rotatable bonds is 10. The molecule has 230 valence electrons. The first-order valence-electron chi connectivity index (χ1n) is 14.1. The minimum Gasteiger partial charge on any atom is -0.350 e. The summed E-state index contributed by atoms with van der Waals surface area (Å²) in [6.07, 6.45) is 7.84. The monoisotopic (exact) mass is 629 g/mol. The number of nitrogens with zero attached hydrogens (tertiary/aromatic N) is 3. The lowest BCUT2D eigenvalue weighted by molar-refractivity contribution is -0.186. The first kappa shape index (κ1) is 31.0. The van der Waals surface area contributed by atoms with Crippen LogP contribution in [0.5, 0.6) is 0 Å². The van der Waals surface area contributed by atoms with Gasteiger partial charge in [-0.2, -0.15) is 0 Å². The van der Waals surface area contributed by atoms with Gasteiger partial charge in [0.25, 0.3) is 5.91 Å². The number of hydroxylamine groups is 1. The maximum Gasteiger partial charge on any atom is 0.278 e. The Morgan fingerprint density at radius 3 is 2.07 bits per heavy atom. The van der Waals surface area contributed by atoms with Crippen LogP contribution in [0.2, 0.25) is 0 Å². The van der Waals surface area contributed by atoms with Crippen LogP contribution < -0.4 is 15.1 Å². The maximum absolute atomic E-state index is 12.9. The first-order valence-corrected chi connectivity index (χ1v) is 17.5. The molecule has 2 aliphatic heterocycles. The molecule has 5 rings (SSSR count). The standard InChI is InChI=1S/C29H35N5O7S2/c1-42(36,37)25-9-5-22(6-10-25)23-7-11-26(12-8-23)43(38,39)32-18-21-13-15-34(16-14-21)29-30-19-24(20-31-29)28(35)33-41-27-4-2-3-17-40-27/h5-12,19-21,27,32H,2-4,13-18H2,1H3,(H,33,35). The van der Waals surface area contributed by atoms with E-state index in [0.29, 0.717) is 32.2 Å². The number of anilines is 1. The van der Waals surface area contributed by atoms with Gasteiger partial charge in [0.15, 0.2) is 16.1 Å². The Morgan fingerprint density at radius 1 is 0.907 bits per heavy atom. The number of hydrogen-bond donors (Lipinski definition) is 2. The van der Waals surface area contributed by atoms with Crippen molar-refractivity contribution < 1.29 is 31.2 Å². The van der Waals surface area contributed by atoms with Crippen molar-refractivity contribution in [3.8, 4) is 11.1 Å². The number of ether oxygens (including phenoxy) is 1. The molecule has 0 spiro atoms. The topological polar surface area (TPSA) is 157 Å². The van der Waals surface area contributed by atoms with Gasteiger partial charge in [-0.25, -0.2) is 41.8 Å². The summed E-state index contributed by atoms with van der Waals surface area (Å²) in [5, 5.41) is 0. The van der Waals surface area contributed by atoms with Crippen LogP contribution in [0.1, 0.15) is 42.5 Å². The number of piperidine rings is 1. The molecular formula is C29H35N5O7S2. The van der Waals surface area contributed by atoms with Gasteiger partial charge in [-0.15, -0.1) is 0 Å². The van der Waals surface area contributed by atoms with Crippen LogP contribution in [0.25, 0.3) is 11.1 Å². The van der Waals surface area contributed by atoms with Crippen molar-refractivity contribution in [2.24, 2.45) is 5.92 Å². The normalized spacial score (nSPS) is 18.3. The molecule has 43 heavy (non-hydrogen) atoms. The summed E-state index contributed by atoms with van der Waals surface area (Å²) >= 11 is 0. The Morgan fingerprint density at radius 2 is 1.51 bits per heavy atom. The molecule has 1 aromatic heterocycles. The quantitative estimate of drug-likeness (QED) is 0.320. The van der Waals surface area contributed by atoms with E-state index in [4.69, 9.17) is 9.57 Å². The highest BCUT2D eigenvalue weighted by atomic mass is 32.2. The summed E-state index contributed by atoms with van der Waals surface area (Å²) in [4.78, 5) is 28.7. The SMILES string of the molecule is CS(=O)(=O)c1ccc(-c2ccc(S(=O)(=O)NCC3CCN(c4ncc(C(=O)NOC5CCCCO5)cn4)CC3)cc2)cc1. The van der Waals surface area contributed by atoms with Crippen LogP contribution in [0.15, 0.2) is 70.7 Å². The number of amides is 1. The zero-order chi connectivity index (χ0) is 30.5. The predicted octanol–water partition coefficient (Wildman–Crippen LogP) is 2.93. The van der Waals surface area contributed by atoms with E-state index in [1.807, 2.05) is 4.90 Å². The molecule has 1 unspecified atom stereocenters. The summed E-state index contributed by atoms with van der Waals surface area (Å²) in [6, 6.07) is 13.0. The number of nitrogens with one attached hydrogen (secondary N) is 2. The van der Waals surface area contributed by atoms with Gasteiger partial charge in [-0.1, -0.05) is 24.3 Å². The molecule has 2 fully saturated rings. The molecule has 12 nitrogen and oxygen atoms in total. The highest BCUT2D eigenvalue weighted by Gasteiger charge is 2.24. The molecule has 0 aliphatic carbocycles. The smallest absolute Gasteiger partial charge is 0.278 e. The fraction of sp³-hybridized carbons (Fsp3) is 0.414. The Labute approximate surface area is 251 Å². The van der Waals surface area contributed by atoms with Crippen LogP contribution in [-0.2, 0) is 29.4 Å². The number of benzene rings is 2. The molecular weight excluding hydrogens is 594 g/mol. The number of carbonyl (C=O) groups excluding carboxylic acids is 1. The second-order valence-corrected chi connectivity index (χ2v) is 14.5.